The SMILES string of the molecule is O=Cc1ccnc(-n2cnnn2)c1. The molecule has 0 N–H and O–H groups in total. The van der Waals surface area contributed by atoms with E-state index in [9.17, 15) is 4.79 Å². The molecule has 0 aromatic carbocycles. The van der Waals surface area contributed by atoms with Crippen molar-refractivity contribution in [2.75, 3.05) is 0 Å². The van der Waals surface area contributed by atoms with E-state index in [0.717, 1.165) is 6.29 Å². The molecule has 0 radical (unpaired) electrons. The van der Waals surface area contributed by atoms with Crippen LogP contribution >= 0.6 is 0 Å². The number of nitrogens with zero attached hydrogens (tertiary/aromatic N) is 5. The summed E-state index contributed by atoms with van der Waals surface area (Å²) < 4.78 is 1.38. The van der Waals surface area contributed by atoms with Crippen molar-refractivity contribution in [3.8, 4) is 5.82 Å². The molecule has 0 aliphatic heterocycles. The molecule has 2 rings (SSSR count). The molecule has 0 fully saturated rings. The first kappa shape index (κ1) is 7.53. The minimum absolute atomic E-state index is 0.523. The quantitative estimate of drug-likeness (QED) is 0.594. The summed E-state index contributed by atoms with van der Waals surface area (Å²) in [6.45, 7) is 0. The van der Waals surface area contributed by atoms with Crippen molar-refractivity contribution >= 4 is 6.29 Å². The van der Waals surface area contributed by atoms with Crippen molar-refractivity contribution in [2.24, 2.45) is 0 Å². The van der Waals surface area contributed by atoms with Crippen molar-refractivity contribution in [2.45, 2.75) is 0 Å². The second kappa shape index (κ2) is 3.10. The maximum atomic E-state index is 10.4. The van der Waals surface area contributed by atoms with Gasteiger partial charge < -0.3 is 0 Å². The first-order chi connectivity index (χ1) is 6.40. The lowest BCUT2D eigenvalue weighted by atomic mass is 10.3. The molecule has 0 amide bonds. The standard InChI is InChI=1S/C7H5N5O/c13-4-6-1-2-8-7(3-6)12-5-9-10-11-12/h1-5H. The molecule has 2 aromatic heterocycles. The minimum atomic E-state index is 0.523. The minimum Gasteiger partial charge on any atom is -0.298 e. The Hall–Kier alpha value is -2.11. The van der Waals surface area contributed by atoms with Gasteiger partial charge in [-0.3, -0.25) is 4.79 Å². The average molecular weight is 175 g/mol. The zero-order chi connectivity index (χ0) is 9.10. The third kappa shape index (κ3) is 1.41. The van der Waals surface area contributed by atoms with E-state index in [1.54, 1.807) is 12.1 Å². The van der Waals surface area contributed by atoms with E-state index < -0.39 is 0 Å². The molecule has 6 heteroatoms. The van der Waals surface area contributed by atoms with Gasteiger partial charge in [0.2, 0.25) is 0 Å². The van der Waals surface area contributed by atoms with Gasteiger partial charge in [-0.15, -0.1) is 5.10 Å². The van der Waals surface area contributed by atoms with Crippen LogP contribution in [0.4, 0.5) is 0 Å². The second-order valence-corrected chi connectivity index (χ2v) is 2.32. The highest BCUT2D eigenvalue weighted by molar-refractivity contribution is 5.75. The topological polar surface area (TPSA) is 73.6 Å². The van der Waals surface area contributed by atoms with Gasteiger partial charge in [-0.25, -0.2) is 4.98 Å². The smallest absolute Gasteiger partial charge is 0.157 e. The van der Waals surface area contributed by atoms with E-state index in [1.165, 1.54) is 17.2 Å². The highest BCUT2D eigenvalue weighted by Crippen LogP contribution is 2.02. The maximum absolute atomic E-state index is 10.4. The van der Waals surface area contributed by atoms with Crippen LogP contribution in [-0.4, -0.2) is 31.5 Å². The number of hydrogen-bond acceptors (Lipinski definition) is 5. The molecule has 0 saturated heterocycles. The Bertz CT molecular complexity index is 411. The van der Waals surface area contributed by atoms with Crippen LogP contribution in [0.3, 0.4) is 0 Å². The van der Waals surface area contributed by atoms with Crippen molar-refractivity contribution in [3.05, 3.63) is 30.2 Å². The maximum Gasteiger partial charge on any atom is 0.157 e. The fourth-order valence-corrected chi connectivity index (χ4v) is 0.899. The van der Waals surface area contributed by atoms with Gasteiger partial charge >= 0.3 is 0 Å². The van der Waals surface area contributed by atoms with Crippen molar-refractivity contribution in [1.82, 2.24) is 25.2 Å². The van der Waals surface area contributed by atoms with Crippen molar-refractivity contribution in [1.29, 1.82) is 0 Å². The number of carbonyl (C=O) groups is 1. The van der Waals surface area contributed by atoms with Crippen LogP contribution < -0.4 is 0 Å². The number of rotatable bonds is 2. The van der Waals surface area contributed by atoms with Gasteiger partial charge in [0.15, 0.2) is 5.82 Å². The van der Waals surface area contributed by atoms with Gasteiger partial charge in [-0.05, 0) is 22.6 Å². The number of aldehydes is 1. The Morgan fingerprint density at radius 2 is 2.38 bits per heavy atom. The Balaban J connectivity index is 2.47. The van der Waals surface area contributed by atoms with E-state index in [4.69, 9.17) is 0 Å². The zero-order valence-electron chi connectivity index (χ0n) is 6.53. The van der Waals surface area contributed by atoms with E-state index in [2.05, 4.69) is 20.5 Å². The Morgan fingerprint density at radius 3 is 3.08 bits per heavy atom. The van der Waals surface area contributed by atoms with Crippen LogP contribution in [0.15, 0.2) is 24.7 Å². The summed E-state index contributed by atoms with van der Waals surface area (Å²) in [5.41, 5.74) is 0.542. The third-order valence-electron chi connectivity index (χ3n) is 1.49. The molecule has 0 saturated carbocycles. The summed E-state index contributed by atoms with van der Waals surface area (Å²) in [4.78, 5) is 14.4. The number of aromatic nitrogens is 5. The lowest BCUT2D eigenvalue weighted by molar-refractivity contribution is 0.112. The summed E-state index contributed by atoms with van der Waals surface area (Å²) in [5, 5.41) is 10.6. The number of pyridine rings is 1. The lowest BCUT2D eigenvalue weighted by Crippen LogP contribution is -1.98. The third-order valence-corrected chi connectivity index (χ3v) is 1.49. The average Bonchev–Trinajstić information content (AvgIpc) is 2.71. The van der Waals surface area contributed by atoms with Crippen LogP contribution in [0.5, 0.6) is 0 Å². The molecular weight excluding hydrogens is 170 g/mol. The summed E-state index contributed by atoms with van der Waals surface area (Å²) in [5.74, 6) is 0.523. The Labute approximate surface area is 73.2 Å². The molecule has 2 heterocycles. The van der Waals surface area contributed by atoms with E-state index >= 15 is 0 Å². The highest BCUT2D eigenvalue weighted by Gasteiger charge is 1.99. The van der Waals surface area contributed by atoms with Crippen LogP contribution in [-0.2, 0) is 0 Å². The predicted molar refractivity (Wildman–Crippen MR) is 42.3 cm³/mol. The Kier molecular flexibility index (Phi) is 1.79. The molecule has 0 aliphatic carbocycles. The summed E-state index contributed by atoms with van der Waals surface area (Å²) >= 11 is 0. The molecule has 2 aromatic rings. The van der Waals surface area contributed by atoms with Crippen LogP contribution in [0.2, 0.25) is 0 Å². The van der Waals surface area contributed by atoms with Crippen LogP contribution in [0.25, 0.3) is 5.82 Å². The molecule has 0 aliphatic rings. The normalized spacial score (nSPS) is 9.85. The van der Waals surface area contributed by atoms with E-state index in [-0.39, 0.29) is 0 Å². The molecule has 64 valence electrons. The van der Waals surface area contributed by atoms with Gasteiger partial charge in [0.05, 0.1) is 0 Å². The van der Waals surface area contributed by atoms with Crippen molar-refractivity contribution in [3.63, 3.8) is 0 Å². The zero-order valence-corrected chi connectivity index (χ0v) is 6.53. The summed E-state index contributed by atoms with van der Waals surface area (Å²) in [6.07, 6.45) is 3.69. The monoisotopic (exact) mass is 175 g/mol. The predicted octanol–water partition coefficient (Wildman–Crippen LogP) is -0.130. The fourth-order valence-electron chi connectivity index (χ4n) is 0.899. The van der Waals surface area contributed by atoms with Gasteiger partial charge in [0, 0.05) is 11.8 Å². The van der Waals surface area contributed by atoms with Gasteiger partial charge in [0.25, 0.3) is 0 Å². The number of carbonyl (C=O) groups excluding carboxylic acids is 1. The summed E-state index contributed by atoms with van der Waals surface area (Å²) in [7, 11) is 0. The molecular formula is C7H5N5O. The molecule has 13 heavy (non-hydrogen) atoms. The molecule has 0 atom stereocenters. The Morgan fingerprint density at radius 1 is 1.46 bits per heavy atom. The second-order valence-electron chi connectivity index (χ2n) is 2.32. The van der Waals surface area contributed by atoms with Gasteiger partial charge in [0.1, 0.15) is 12.6 Å². The summed E-state index contributed by atoms with van der Waals surface area (Å²) in [6, 6.07) is 3.21. The first-order valence-electron chi connectivity index (χ1n) is 3.55. The largest absolute Gasteiger partial charge is 0.298 e. The molecule has 0 bridgehead atoms. The van der Waals surface area contributed by atoms with Gasteiger partial charge in [-0.2, -0.15) is 4.68 Å². The molecule has 6 nitrogen and oxygen atoms in total. The van der Waals surface area contributed by atoms with Crippen LogP contribution in [0, 0.1) is 0 Å². The highest BCUT2D eigenvalue weighted by atomic mass is 16.1. The lowest BCUT2D eigenvalue weighted by Gasteiger charge is -1.96. The van der Waals surface area contributed by atoms with Crippen LogP contribution in [0.1, 0.15) is 10.4 Å². The van der Waals surface area contributed by atoms with E-state index in [0.29, 0.717) is 11.4 Å². The number of tetrazole rings is 1. The first-order valence-corrected chi connectivity index (χ1v) is 3.55. The molecule has 0 spiro atoms. The molecule has 0 unspecified atom stereocenters. The van der Waals surface area contributed by atoms with Crippen molar-refractivity contribution < 1.29 is 4.79 Å². The van der Waals surface area contributed by atoms with E-state index in [1.807, 2.05) is 0 Å². The fraction of sp³-hybridized carbons (Fsp3) is 0. The number of hydrogen-bond donors (Lipinski definition) is 0. The van der Waals surface area contributed by atoms with Gasteiger partial charge in [-0.1, -0.05) is 0 Å².